The van der Waals surface area contributed by atoms with Crippen molar-refractivity contribution in [3.05, 3.63) is 48.0 Å². The van der Waals surface area contributed by atoms with Gasteiger partial charge in [-0.25, -0.2) is 0 Å². The molecule has 1 aliphatic heterocycles. The first-order valence-electron chi connectivity index (χ1n) is 8.29. The Bertz CT molecular complexity index is 753. The van der Waals surface area contributed by atoms with E-state index >= 15 is 0 Å². The summed E-state index contributed by atoms with van der Waals surface area (Å²) in [6, 6.07) is 13.7. The van der Waals surface area contributed by atoms with Gasteiger partial charge in [0.25, 0.3) is 0 Å². The van der Waals surface area contributed by atoms with Crippen LogP contribution < -0.4 is 24.8 Å². The number of nitrogens with one attached hydrogen (secondary N) is 2. The van der Waals surface area contributed by atoms with Crippen molar-refractivity contribution in [2.24, 2.45) is 4.99 Å². The molecule has 0 unspecified atom stereocenters. The highest BCUT2D eigenvalue weighted by Crippen LogP contribution is 2.32. The van der Waals surface area contributed by atoms with Gasteiger partial charge in [-0.15, -0.1) is 24.0 Å². The van der Waals surface area contributed by atoms with Gasteiger partial charge in [0, 0.05) is 37.3 Å². The van der Waals surface area contributed by atoms with Gasteiger partial charge >= 0.3 is 0 Å². The van der Waals surface area contributed by atoms with Crippen molar-refractivity contribution in [3.63, 3.8) is 0 Å². The number of halogens is 1. The Morgan fingerprint density at radius 1 is 1.12 bits per heavy atom. The first kappa shape index (κ1) is 20.2. The molecule has 6 nitrogen and oxygen atoms in total. The Kier molecular flexibility index (Phi) is 7.83. The van der Waals surface area contributed by atoms with E-state index in [1.165, 1.54) is 0 Å². The molecule has 2 aromatic rings. The molecule has 0 amide bonds. The van der Waals surface area contributed by atoms with Crippen molar-refractivity contribution in [3.8, 4) is 17.2 Å². The summed E-state index contributed by atoms with van der Waals surface area (Å²) in [5.74, 6) is 3.05. The molecular formula is C19H24IN3O3. The van der Waals surface area contributed by atoms with Crippen LogP contribution in [-0.2, 0) is 6.54 Å². The molecular weight excluding hydrogens is 445 g/mol. The number of para-hydroxylation sites is 1. The van der Waals surface area contributed by atoms with Crippen molar-refractivity contribution < 1.29 is 14.2 Å². The molecule has 3 rings (SSSR count). The van der Waals surface area contributed by atoms with Gasteiger partial charge < -0.3 is 24.8 Å². The van der Waals surface area contributed by atoms with Gasteiger partial charge in [-0.05, 0) is 18.2 Å². The van der Waals surface area contributed by atoms with Crippen LogP contribution in [0.4, 0.5) is 5.69 Å². The fourth-order valence-electron chi connectivity index (χ4n) is 2.58. The van der Waals surface area contributed by atoms with Gasteiger partial charge in [0.1, 0.15) is 5.75 Å². The number of rotatable bonds is 4. The number of hydrogen-bond donors (Lipinski definition) is 2. The van der Waals surface area contributed by atoms with E-state index in [1.807, 2.05) is 42.5 Å². The first-order chi connectivity index (χ1) is 12.3. The second-order valence-electron chi connectivity index (χ2n) is 5.57. The van der Waals surface area contributed by atoms with Gasteiger partial charge in [-0.1, -0.05) is 18.2 Å². The van der Waals surface area contributed by atoms with Crippen molar-refractivity contribution in [2.75, 3.05) is 32.7 Å². The number of nitrogens with zero attached hydrogens (tertiary/aromatic N) is 1. The van der Waals surface area contributed by atoms with Crippen molar-refractivity contribution >= 4 is 35.6 Å². The van der Waals surface area contributed by atoms with Crippen LogP contribution in [0.15, 0.2) is 47.5 Å². The Morgan fingerprint density at radius 2 is 1.88 bits per heavy atom. The highest BCUT2D eigenvalue weighted by Gasteiger charge is 2.11. The summed E-state index contributed by atoms with van der Waals surface area (Å²) in [4.78, 5) is 4.27. The second kappa shape index (κ2) is 10.1. The zero-order chi connectivity index (χ0) is 17.5. The number of methoxy groups -OCH3 is 1. The van der Waals surface area contributed by atoms with E-state index in [4.69, 9.17) is 14.2 Å². The number of benzene rings is 2. The lowest BCUT2D eigenvalue weighted by molar-refractivity contribution is 0.297. The predicted octanol–water partition coefficient (Wildman–Crippen LogP) is 3.66. The van der Waals surface area contributed by atoms with Crippen LogP contribution in [0.2, 0.25) is 0 Å². The minimum atomic E-state index is 0. The van der Waals surface area contributed by atoms with E-state index in [0.29, 0.717) is 25.7 Å². The summed E-state index contributed by atoms with van der Waals surface area (Å²) in [5, 5.41) is 6.56. The monoisotopic (exact) mass is 469 g/mol. The molecule has 2 aromatic carbocycles. The Morgan fingerprint density at radius 3 is 2.65 bits per heavy atom. The van der Waals surface area contributed by atoms with Crippen molar-refractivity contribution in [2.45, 2.75) is 13.0 Å². The molecule has 0 saturated carbocycles. The predicted molar refractivity (Wildman–Crippen MR) is 114 cm³/mol. The van der Waals surface area contributed by atoms with E-state index < -0.39 is 0 Å². The summed E-state index contributed by atoms with van der Waals surface area (Å²) in [7, 11) is 3.41. The highest BCUT2D eigenvalue weighted by molar-refractivity contribution is 14.0. The van der Waals surface area contributed by atoms with E-state index in [-0.39, 0.29) is 24.0 Å². The lowest BCUT2D eigenvalue weighted by atomic mass is 10.2. The lowest BCUT2D eigenvalue weighted by Crippen LogP contribution is -2.30. The number of ether oxygens (including phenoxy) is 3. The molecule has 7 heteroatoms. The summed E-state index contributed by atoms with van der Waals surface area (Å²) in [6.07, 6.45) is 0.888. The molecule has 1 aliphatic rings. The number of aliphatic imine (C=N–C) groups is 1. The number of fused-ring (bicyclic) bond motifs is 1. The second-order valence-corrected chi connectivity index (χ2v) is 5.57. The molecule has 140 valence electrons. The average Bonchev–Trinajstić information content (AvgIpc) is 2.90. The van der Waals surface area contributed by atoms with Crippen LogP contribution in [0.25, 0.3) is 0 Å². The summed E-state index contributed by atoms with van der Waals surface area (Å²) >= 11 is 0. The molecule has 2 N–H and O–H groups in total. The van der Waals surface area contributed by atoms with Crippen molar-refractivity contribution in [1.82, 2.24) is 5.32 Å². The topological polar surface area (TPSA) is 64.1 Å². The summed E-state index contributed by atoms with van der Waals surface area (Å²) < 4.78 is 16.7. The Labute approximate surface area is 171 Å². The molecule has 0 fully saturated rings. The molecule has 1 heterocycles. The number of guanidine groups is 1. The average molecular weight is 469 g/mol. The van der Waals surface area contributed by atoms with E-state index in [1.54, 1.807) is 14.2 Å². The molecule has 0 atom stereocenters. The third kappa shape index (κ3) is 5.17. The van der Waals surface area contributed by atoms with Crippen LogP contribution in [0.1, 0.15) is 12.0 Å². The molecule has 0 aromatic heterocycles. The zero-order valence-corrected chi connectivity index (χ0v) is 17.3. The maximum absolute atomic E-state index is 5.72. The summed E-state index contributed by atoms with van der Waals surface area (Å²) in [5.41, 5.74) is 1.95. The molecule has 0 radical (unpaired) electrons. The van der Waals surface area contributed by atoms with Crippen LogP contribution in [0.3, 0.4) is 0 Å². The number of anilines is 1. The normalized spacial score (nSPS) is 13.2. The minimum Gasteiger partial charge on any atom is -0.496 e. The summed E-state index contributed by atoms with van der Waals surface area (Å²) in [6.45, 7) is 1.95. The van der Waals surface area contributed by atoms with Crippen LogP contribution in [-0.4, -0.2) is 33.3 Å². The fourth-order valence-corrected chi connectivity index (χ4v) is 2.58. The van der Waals surface area contributed by atoms with Crippen LogP contribution >= 0.6 is 24.0 Å². The zero-order valence-electron chi connectivity index (χ0n) is 15.0. The lowest BCUT2D eigenvalue weighted by Gasteiger charge is -2.15. The third-order valence-corrected chi connectivity index (χ3v) is 3.87. The molecule has 0 saturated heterocycles. The highest BCUT2D eigenvalue weighted by atomic mass is 127. The SMILES string of the molecule is CN=C(NCc1ccccc1OC)Nc1ccc2c(c1)OCCCO2.I. The van der Waals surface area contributed by atoms with Crippen molar-refractivity contribution in [1.29, 1.82) is 0 Å². The molecule has 0 aliphatic carbocycles. The number of hydrogen-bond acceptors (Lipinski definition) is 4. The minimum absolute atomic E-state index is 0. The molecule has 0 spiro atoms. The van der Waals surface area contributed by atoms with E-state index in [2.05, 4.69) is 15.6 Å². The quantitative estimate of drug-likeness (QED) is 0.407. The first-order valence-corrected chi connectivity index (χ1v) is 8.29. The van der Waals surface area contributed by atoms with Gasteiger partial charge in [0.15, 0.2) is 17.5 Å². The van der Waals surface area contributed by atoms with Gasteiger partial charge in [0.2, 0.25) is 0 Å². The van der Waals surface area contributed by atoms with Crippen LogP contribution in [0.5, 0.6) is 17.2 Å². The van der Waals surface area contributed by atoms with Crippen LogP contribution in [0, 0.1) is 0 Å². The maximum atomic E-state index is 5.72. The largest absolute Gasteiger partial charge is 0.496 e. The fraction of sp³-hybridized carbons (Fsp3) is 0.316. The van der Waals surface area contributed by atoms with E-state index in [0.717, 1.165) is 34.9 Å². The maximum Gasteiger partial charge on any atom is 0.195 e. The molecule has 26 heavy (non-hydrogen) atoms. The van der Waals surface area contributed by atoms with Gasteiger partial charge in [-0.3, -0.25) is 4.99 Å². The smallest absolute Gasteiger partial charge is 0.195 e. The van der Waals surface area contributed by atoms with E-state index in [9.17, 15) is 0 Å². The Hall–Kier alpha value is -2.16. The Balaban J connectivity index is 0.00000243. The third-order valence-electron chi connectivity index (χ3n) is 3.87. The van der Waals surface area contributed by atoms with Gasteiger partial charge in [0.05, 0.1) is 20.3 Å². The standard InChI is InChI=1S/C19H23N3O3.HI/c1-20-19(21-13-14-6-3-4-7-16(14)23-2)22-15-8-9-17-18(12-15)25-11-5-10-24-17;/h3-4,6-9,12H,5,10-11,13H2,1-2H3,(H2,20,21,22);1H. The van der Waals surface area contributed by atoms with Gasteiger partial charge in [-0.2, -0.15) is 0 Å². The molecule has 0 bridgehead atoms.